The molecule has 1 aliphatic heterocycles. The summed E-state index contributed by atoms with van der Waals surface area (Å²) in [4.78, 5) is 13.2. The maximum Gasteiger partial charge on any atom is 0.308 e. The van der Waals surface area contributed by atoms with Crippen molar-refractivity contribution in [1.82, 2.24) is 10.2 Å². The van der Waals surface area contributed by atoms with Crippen LogP contribution in [0.15, 0.2) is 30.3 Å². The van der Waals surface area contributed by atoms with Crippen molar-refractivity contribution >= 4 is 11.8 Å². The summed E-state index contributed by atoms with van der Waals surface area (Å²) in [6.07, 6.45) is 1.61. The molecule has 1 aliphatic rings. The SMILES string of the molecule is COc1cccc(-c2cc(N3CCCC(C(=O)O)C3)n[nH]2)c1. The maximum absolute atomic E-state index is 11.2. The number of carboxylic acids is 1. The van der Waals surface area contributed by atoms with Crippen molar-refractivity contribution in [3.8, 4) is 17.0 Å². The van der Waals surface area contributed by atoms with Crippen molar-refractivity contribution in [3.63, 3.8) is 0 Å². The van der Waals surface area contributed by atoms with Crippen molar-refractivity contribution in [2.24, 2.45) is 5.92 Å². The van der Waals surface area contributed by atoms with Gasteiger partial charge in [-0.05, 0) is 25.0 Å². The fourth-order valence-corrected chi connectivity index (χ4v) is 2.80. The lowest BCUT2D eigenvalue weighted by molar-refractivity contribution is -0.141. The highest BCUT2D eigenvalue weighted by atomic mass is 16.5. The molecule has 0 radical (unpaired) electrons. The largest absolute Gasteiger partial charge is 0.497 e. The van der Waals surface area contributed by atoms with Crippen LogP contribution in [0.3, 0.4) is 0 Å². The molecule has 2 heterocycles. The average molecular weight is 301 g/mol. The lowest BCUT2D eigenvalue weighted by atomic mass is 9.98. The highest BCUT2D eigenvalue weighted by molar-refractivity contribution is 5.71. The van der Waals surface area contributed by atoms with Gasteiger partial charge in [-0.3, -0.25) is 9.89 Å². The van der Waals surface area contributed by atoms with Gasteiger partial charge >= 0.3 is 5.97 Å². The van der Waals surface area contributed by atoms with E-state index in [0.717, 1.165) is 42.2 Å². The quantitative estimate of drug-likeness (QED) is 0.906. The van der Waals surface area contributed by atoms with Crippen LogP contribution in [0.25, 0.3) is 11.3 Å². The van der Waals surface area contributed by atoms with Crippen LogP contribution in [-0.2, 0) is 4.79 Å². The zero-order valence-corrected chi connectivity index (χ0v) is 12.5. The van der Waals surface area contributed by atoms with E-state index in [1.54, 1.807) is 7.11 Å². The number of hydrogen-bond acceptors (Lipinski definition) is 4. The molecule has 1 unspecified atom stereocenters. The fourth-order valence-electron chi connectivity index (χ4n) is 2.80. The topological polar surface area (TPSA) is 78.4 Å². The van der Waals surface area contributed by atoms with E-state index in [1.165, 1.54) is 0 Å². The molecule has 0 aliphatic carbocycles. The van der Waals surface area contributed by atoms with Gasteiger partial charge < -0.3 is 14.7 Å². The van der Waals surface area contributed by atoms with Crippen molar-refractivity contribution in [2.45, 2.75) is 12.8 Å². The summed E-state index contributed by atoms with van der Waals surface area (Å²) < 4.78 is 5.23. The van der Waals surface area contributed by atoms with Crippen LogP contribution in [-0.4, -0.2) is 41.5 Å². The zero-order chi connectivity index (χ0) is 15.5. The fraction of sp³-hybridized carbons (Fsp3) is 0.375. The summed E-state index contributed by atoms with van der Waals surface area (Å²) in [6.45, 7) is 1.35. The standard InChI is InChI=1S/C16H19N3O3/c1-22-13-6-2-4-11(8-13)14-9-15(18-17-14)19-7-3-5-12(10-19)16(20)21/h2,4,6,8-9,12H,3,5,7,10H2,1H3,(H,17,18)(H,20,21). The molecule has 2 N–H and O–H groups in total. The number of carboxylic acid groups (broad SMARTS) is 1. The molecule has 1 atom stereocenters. The van der Waals surface area contributed by atoms with Crippen LogP contribution in [0.5, 0.6) is 5.75 Å². The van der Waals surface area contributed by atoms with E-state index in [9.17, 15) is 9.90 Å². The molecule has 0 spiro atoms. The van der Waals surface area contributed by atoms with Crippen LogP contribution in [0.1, 0.15) is 12.8 Å². The van der Waals surface area contributed by atoms with Crippen LogP contribution in [0, 0.1) is 5.92 Å². The highest BCUT2D eigenvalue weighted by Gasteiger charge is 2.26. The summed E-state index contributed by atoms with van der Waals surface area (Å²) in [5.41, 5.74) is 1.89. The summed E-state index contributed by atoms with van der Waals surface area (Å²) >= 11 is 0. The number of nitrogens with one attached hydrogen (secondary N) is 1. The molecule has 6 heteroatoms. The highest BCUT2D eigenvalue weighted by Crippen LogP contribution is 2.27. The summed E-state index contributed by atoms with van der Waals surface area (Å²) in [6, 6.07) is 9.70. The number of H-pyrrole nitrogens is 1. The first-order valence-electron chi connectivity index (χ1n) is 7.35. The number of aliphatic carboxylic acids is 1. The average Bonchev–Trinajstić information content (AvgIpc) is 3.05. The zero-order valence-electron chi connectivity index (χ0n) is 12.5. The summed E-state index contributed by atoms with van der Waals surface area (Å²) in [5, 5.41) is 16.5. The van der Waals surface area contributed by atoms with Gasteiger partial charge in [-0.2, -0.15) is 5.10 Å². The number of ether oxygens (including phenoxy) is 1. The number of piperidine rings is 1. The van der Waals surface area contributed by atoms with Crippen molar-refractivity contribution in [1.29, 1.82) is 0 Å². The second-order valence-electron chi connectivity index (χ2n) is 5.50. The number of benzene rings is 1. The lowest BCUT2D eigenvalue weighted by Crippen LogP contribution is -2.38. The molecule has 1 fully saturated rings. The van der Waals surface area contributed by atoms with Gasteiger partial charge in [0.15, 0.2) is 5.82 Å². The third-order valence-corrected chi connectivity index (χ3v) is 4.04. The Kier molecular flexibility index (Phi) is 4.00. The normalized spacial score (nSPS) is 18.2. The molecule has 1 aromatic carbocycles. The molecule has 6 nitrogen and oxygen atoms in total. The Labute approximate surface area is 128 Å². The van der Waals surface area contributed by atoms with E-state index in [0.29, 0.717) is 6.54 Å². The summed E-state index contributed by atoms with van der Waals surface area (Å²) in [5.74, 6) is 0.542. The molecule has 0 amide bonds. The Balaban J connectivity index is 1.79. The van der Waals surface area contributed by atoms with Crippen LogP contribution in [0.2, 0.25) is 0 Å². The lowest BCUT2D eigenvalue weighted by Gasteiger charge is -2.30. The van der Waals surface area contributed by atoms with E-state index in [2.05, 4.69) is 10.2 Å². The van der Waals surface area contributed by atoms with E-state index in [1.807, 2.05) is 35.2 Å². The Morgan fingerprint density at radius 3 is 3.09 bits per heavy atom. The van der Waals surface area contributed by atoms with Crippen molar-refractivity contribution in [3.05, 3.63) is 30.3 Å². The molecule has 116 valence electrons. The van der Waals surface area contributed by atoms with Gasteiger partial charge in [0.1, 0.15) is 5.75 Å². The van der Waals surface area contributed by atoms with Gasteiger partial charge in [-0.15, -0.1) is 0 Å². The molecular weight excluding hydrogens is 282 g/mol. The van der Waals surface area contributed by atoms with Crippen LogP contribution >= 0.6 is 0 Å². The van der Waals surface area contributed by atoms with Crippen LogP contribution < -0.4 is 9.64 Å². The molecule has 1 aromatic heterocycles. The number of methoxy groups -OCH3 is 1. The van der Waals surface area contributed by atoms with Crippen molar-refractivity contribution in [2.75, 3.05) is 25.1 Å². The predicted octanol–water partition coefficient (Wildman–Crippen LogP) is 2.39. The molecule has 3 rings (SSSR count). The maximum atomic E-state index is 11.2. The number of anilines is 1. The van der Waals surface area contributed by atoms with Gasteiger partial charge in [0.05, 0.1) is 18.7 Å². The third-order valence-electron chi connectivity index (χ3n) is 4.04. The Morgan fingerprint density at radius 2 is 2.32 bits per heavy atom. The van der Waals surface area contributed by atoms with Gasteiger partial charge in [0.25, 0.3) is 0 Å². The van der Waals surface area contributed by atoms with E-state index in [-0.39, 0.29) is 5.92 Å². The molecule has 0 saturated carbocycles. The molecule has 22 heavy (non-hydrogen) atoms. The Hall–Kier alpha value is -2.50. The third kappa shape index (κ3) is 2.90. The minimum absolute atomic E-state index is 0.314. The minimum atomic E-state index is -0.728. The van der Waals surface area contributed by atoms with Gasteiger partial charge in [0.2, 0.25) is 0 Å². The van der Waals surface area contributed by atoms with Gasteiger partial charge in [-0.25, -0.2) is 0 Å². The molecule has 0 bridgehead atoms. The minimum Gasteiger partial charge on any atom is -0.497 e. The summed E-state index contributed by atoms with van der Waals surface area (Å²) in [7, 11) is 1.64. The first-order valence-corrected chi connectivity index (χ1v) is 7.35. The molecular formula is C16H19N3O3. The Bertz CT molecular complexity index is 668. The first-order chi connectivity index (χ1) is 10.7. The first kappa shape index (κ1) is 14.4. The Morgan fingerprint density at radius 1 is 1.45 bits per heavy atom. The van der Waals surface area contributed by atoms with E-state index < -0.39 is 5.97 Å². The molecule has 2 aromatic rings. The number of hydrogen-bond donors (Lipinski definition) is 2. The van der Waals surface area contributed by atoms with Gasteiger partial charge in [0, 0.05) is 24.7 Å². The smallest absolute Gasteiger partial charge is 0.308 e. The predicted molar refractivity (Wildman–Crippen MR) is 83.1 cm³/mol. The van der Waals surface area contributed by atoms with E-state index >= 15 is 0 Å². The number of rotatable bonds is 4. The second kappa shape index (κ2) is 6.09. The van der Waals surface area contributed by atoms with Crippen LogP contribution in [0.4, 0.5) is 5.82 Å². The number of aromatic amines is 1. The van der Waals surface area contributed by atoms with Crippen molar-refractivity contribution < 1.29 is 14.6 Å². The molecule has 1 saturated heterocycles. The number of nitrogens with zero attached hydrogens (tertiary/aromatic N) is 2. The monoisotopic (exact) mass is 301 g/mol. The van der Waals surface area contributed by atoms with Gasteiger partial charge in [-0.1, -0.05) is 12.1 Å². The second-order valence-corrected chi connectivity index (χ2v) is 5.50. The van der Waals surface area contributed by atoms with E-state index in [4.69, 9.17) is 4.74 Å². The number of aromatic nitrogens is 2. The number of carbonyl (C=O) groups is 1.